The second-order valence-electron chi connectivity index (χ2n) is 6.78. The molecule has 0 saturated heterocycles. The zero-order valence-corrected chi connectivity index (χ0v) is 15.4. The fraction of sp³-hybridized carbons (Fsp3) is 0.684. The Kier molecular flexibility index (Phi) is 6.60. The van der Waals surface area contributed by atoms with Gasteiger partial charge in [0.15, 0.2) is 0 Å². The second kappa shape index (κ2) is 8.47. The van der Waals surface area contributed by atoms with Crippen molar-refractivity contribution in [3.8, 4) is 5.88 Å². The lowest BCUT2D eigenvalue weighted by atomic mass is 9.78. The van der Waals surface area contributed by atoms with Crippen molar-refractivity contribution in [2.24, 2.45) is 5.92 Å². The molecule has 1 aliphatic rings. The number of aryl methyl sites for hydroxylation is 1. The molecule has 1 heterocycles. The van der Waals surface area contributed by atoms with E-state index in [0.717, 1.165) is 37.7 Å². The molecule has 1 aromatic heterocycles. The van der Waals surface area contributed by atoms with Crippen molar-refractivity contribution in [1.29, 1.82) is 0 Å². The molecule has 134 valence electrons. The fourth-order valence-electron chi connectivity index (χ4n) is 3.41. The Morgan fingerprint density at radius 3 is 2.88 bits per heavy atom. The summed E-state index contributed by atoms with van der Waals surface area (Å²) in [7, 11) is 0. The molecule has 0 aliphatic heterocycles. The van der Waals surface area contributed by atoms with Gasteiger partial charge in [-0.2, -0.15) is 0 Å². The minimum absolute atomic E-state index is 0.0562. The third kappa shape index (κ3) is 4.47. The van der Waals surface area contributed by atoms with E-state index in [1.165, 1.54) is 0 Å². The van der Waals surface area contributed by atoms with Crippen LogP contribution < -0.4 is 10.1 Å². The molecule has 2 atom stereocenters. The van der Waals surface area contributed by atoms with Gasteiger partial charge >= 0.3 is 0 Å². The topological polar surface area (TPSA) is 60.5 Å². The van der Waals surface area contributed by atoms with Crippen LogP contribution >= 0.6 is 0 Å². The molecule has 1 amide bonds. The maximum absolute atomic E-state index is 12.9. The number of amides is 1. The first-order valence-corrected chi connectivity index (χ1v) is 9.05. The Bertz CT molecular complexity index is 558. The van der Waals surface area contributed by atoms with Crippen LogP contribution in [0.3, 0.4) is 0 Å². The molecule has 1 saturated carbocycles. The normalized spacial score (nSPS) is 23.8. The van der Waals surface area contributed by atoms with Gasteiger partial charge in [-0.1, -0.05) is 20.3 Å². The molecule has 0 spiro atoms. The van der Waals surface area contributed by atoms with Gasteiger partial charge in [-0.15, -0.1) is 0 Å². The Morgan fingerprint density at radius 1 is 1.46 bits per heavy atom. The first-order valence-electron chi connectivity index (χ1n) is 9.05. The number of hydrogen-bond donors (Lipinski definition) is 1. The van der Waals surface area contributed by atoms with E-state index in [1.54, 1.807) is 6.20 Å². The number of hydrogen-bond acceptors (Lipinski definition) is 4. The predicted molar refractivity (Wildman–Crippen MR) is 95.4 cm³/mol. The van der Waals surface area contributed by atoms with Crippen LogP contribution in [-0.4, -0.2) is 29.7 Å². The molecule has 0 radical (unpaired) electrons. The Hall–Kier alpha value is -1.62. The highest BCUT2D eigenvalue weighted by atomic mass is 16.5. The molecule has 1 fully saturated rings. The SMILES string of the molecule is CCCOc1ncc(NC(=O)C2(OCC)CCCC(C)C2)cc1C. The third-order valence-electron chi connectivity index (χ3n) is 4.52. The van der Waals surface area contributed by atoms with Crippen LogP contribution in [-0.2, 0) is 9.53 Å². The fourth-order valence-corrected chi connectivity index (χ4v) is 3.41. The van der Waals surface area contributed by atoms with E-state index in [9.17, 15) is 4.79 Å². The van der Waals surface area contributed by atoms with Crippen molar-refractivity contribution in [3.05, 3.63) is 17.8 Å². The molecule has 5 nitrogen and oxygen atoms in total. The highest BCUT2D eigenvalue weighted by Gasteiger charge is 2.42. The number of carbonyl (C=O) groups is 1. The maximum Gasteiger partial charge on any atom is 0.256 e. The largest absolute Gasteiger partial charge is 0.477 e. The van der Waals surface area contributed by atoms with Crippen LogP contribution in [0.25, 0.3) is 0 Å². The van der Waals surface area contributed by atoms with Gasteiger partial charge in [-0.3, -0.25) is 4.79 Å². The van der Waals surface area contributed by atoms with Gasteiger partial charge in [-0.25, -0.2) is 4.98 Å². The smallest absolute Gasteiger partial charge is 0.256 e. The van der Waals surface area contributed by atoms with Gasteiger partial charge in [0.1, 0.15) is 5.60 Å². The predicted octanol–water partition coefficient (Wildman–Crippen LogP) is 4.10. The quantitative estimate of drug-likeness (QED) is 0.815. The van der Waals surface area contributed by atoms with Crippen LogP contribution in [0.2, 0.25) is 0 Å². The zero-order valence-electron chi connectivity index (χ0n) is 15.4. The minimum atomic E-state index is -0.711. The van der Waals surface area contributed by atoms with Crippen LogP contribution in [0.1, 0.15) is 58.4 Å². The van der Waals surface area contributed by atoms with E-state index in [0.29, 0.717) is 30.7 Å². The molecular formula is C19H30N2O3. The van der Waals surface area contributed by atoms with Crippen molar-refractivity contribution in [2.45, 2.75) is 65.4 Å². The standard InChI is InChI=1S/C19H30N2O3/c1-5-10-23-17-15(4)11-16(13-20-17)21-18(22)19(24-6-2)9-7-8-14(3)12-19/h11,13-14H,5-10,12H2,1-4H3,(H,21,22). The molecule has 0 bridgehead atoms. The number of anilines is 1. The van der Waals surface area contributed by atoms with Crippen LogP contribution in [0.4, 0.5) is 5.69 Å². The van der Waals surface area contributed by atoms with E-state index in [1.807, 2.05) is 19.9 Å². The molecule has 5 heteroatoms. The lowest BCUT2D eigenvalue weighted by Gasteiger charge is -2.38. The van der Waals surface area contributed by atoms with Crippen LogP contribution in [0.5, 0.6) is 5.88 Å². The van der Waals surface area contributed by atoms with Crippen molar-refractivity contribution in [2.75, 3.05) is 18.5 Å². The number of rotatable bonds is 7. The minimum Gasteiger partial charge on any atom is -0.477 e. The summed E-state index contributed by atoms with van der Waals surface area (Å²) in [5, 5.41) is 3.00. The summed E-state index contributed by atoms with van der Waals surface area (Å²) in [6.07, 6.45) is 6.33. The Balaban J connectivity index is 2.10. The molecule has 1 aromatic rings. The van der Waals surface area contributed by atoms with E-state index in [4.69, 9.17) is 9.47 Å². The zero-order chi connectivity index (χ0) is 17.6. The van der Waals surface area contributed by atoms with Crippen LogP contribution in [0, 0.1) is 12.8 Å². The molecule has 24 heavy (non-hydrogen) atoms. The van der Waals surface area contributed by atoms with E-state index >= 15 is 0 Å². The van der Waals surface area contributed by atoms with Gasteiger partial charge in [0.2, 0.25) is 5.88 Å². The molecule has 2 rings (SSSR count). The lowest BCUT2D eigenvalue weighted by molar-refractivity contribution is -0.147. The van der Waals surface area contributed by atoms with Crippen molar-refractivity contribution >= 4 is 11.6 Å². The monoisotopic (exact) mass is 334 g/mol. The summed E-state index contributed by atoms with van der Waals surface area (Å²) >= 11 is 0. The Morgan fingerprint density at radius 2 is 2.25 bits per heavy atom. The van der Waals surface area contributed by atoms with E-state index < -0.39 is 5.60 Å². The highest BCUT2D eigenvalue weighted by Crippen LogP contribution is 2.36. The van der Waals surface area contributed by atoms with Gasteiger partial charge in [0, 0.05) is 12.2 Å². The van der Waals surface area contributed by atoms with E-state index in [2.05, 4.69) is 24.1 Å². The average molecular weight is 334 g/mol. The van der Waals surface area contributed by atoms with Crippen molar-refractivity contribution in [1.82, 2.24) is 4.98 Å². The lowest BCUT2D eigenvalue weighted by Crippen LogP contribution is -2.48. The second-order valence-corrected chi connectivity index (χ2v) is 6.78. The van der Waals surface area contributed by atoms with Crippen molar-refractivity contribution < 1.29 is 14.3 Å². The van der Waals surface area contributed by atoms with E-state index in [-0.39, 0.29) is 5.91 Å². The van der Waals surface area contributed by atoms with Gasteiger partial charge in [0.25, 0.3) is 5.91 Å². The van der Waals surface area contributed by atoms with Gasteiger partial charge < -0.3 is 14.8 Å². The summed E-state index contributed by atoms with van der Waals surface area (Å²) in [5.41, 5.74) is 0.903. The summed E-state index contributed by atoms with van der Waals surface area (Å²) in [6.45, 7) is 9.31. The first kappa shape index (κ1) is 18.7. The molecule has 0 aromatic carbocycles. The number of nitrogens with zero attached hydrogens (tertiary/aromatic N) is 1. The first-order chi connectivity index (χ1) is 11.5. The summed E-state index contributed by atoms with van der Waals surface area (Å²) < 4.78 is 11.5. The molecule has 1 aliphatic carbocycles. The highest BCUT2D eigenvalue weighted by molar-refractivity contribution is 5.97. The molecule has 2 unspecified atom stereocenters. The van der Waals surface area contributed by atoms with Crippen molar-refractivity contribution in [3.63, 3.8) is 0 Å². The number of pyridine rings is 1. The third-order valence-corrected chi connectivity index (χ3v) is 4.52. The average Bonchev–Trinajstić information content (AvgIpc) is 2.54. The maximum atomic E-state index is 12.9. The summed E-state index contributed by atoms with van der Waals surface area (Å²) in [6, 6.07) is 1.90. The summed E-state index contributed by atoms with van der Waals surface area (Å²) in [5.74, 6) is 1.07. The summed E-state index contributed by atoms with van der Waals surface area (Å²) in [4.78, 5) is 17.2. The number of nitrogens with one attached hydrogen (secondary N) is 1. The number of ether oxygens (including phenoxy) is 2. The van der Waals surface area contributed by atoms with Gasteiger partial charge in [-0.05, 0) is 51.5 Å². The van der Waals surface area contributed by atoms with Gasteiger partial charge in [0.05, 0.1) is 18.5 Å². The molecule has 1 N–H and O–H groups in total. The van der Waals surface area contributed by atoms with Crippen LogP contribution in [0.15, 0.2) is 12.3 Å². The Labute approximate surface area is 145 Å². The number of aromatic nitrogens is 1. The molecular weight excluding hydrogens is 304 g/mol. The number of carbonyl (C=O) groups excluding carboxylic acids is 1.